The number of rotatable bonds is 6. The van der Waals surface area contributed by atoms with Crippen molar-refractivity contribution in [3.63, 3.8) is 0 Å². The Bertz CT molecular complexity index is 520. The van der Waals surface area contributed by atoms with Gasteiger partial charge in [0.05, 0.1) is 20.1 Å². The van der Waals surface area contributed by atoms with Crippen molar-refractivity contribution in [1.29, 1.82) is 0 Å². The summed E-state index contributed by atoms with van der Waals surface area (Å²) in [6.07, 6.45) is 5.09. The number of nitrogens with one attached hydrogen (secondary N) is 1. The number of ether oxygens (including phenoxy) is 2. The van der Waals surface area contributed by atoms with Gasteiger partial charge in [-0.3, -0.25) is 4.79 Å². The lowest BCUT2D eigenvalue weighted by Crippen LogP contribution is -2.48. The molecule has 2 aliphatic heterocycles. The van der Waals surface area contributed by atoms with Crippen molar-refractivity contribution in [2.75, 3.05) is 20.8 Å². The number of fused-ring (bicyclic) bond motifs is 2. The topological polar surface area (TPSA) is 50.8 Å². The number of methoxy groups -OCH3 is 1. The van der Waals surface area contributed by atoms with Gasteiger partial charge in [-0.1, -0.05) is 0 Å². The highest BCUT2D eigenvalue weighted by Gasteiger charge is 2.36. The third-order valence-corrected chi connectivity index (χ3v) is 5.03. The number of piperidine rings is 1. The molecule has 2 bridgehead atoms. The van der Waals surface area contributed by atoms with Crippen LogP contribution in [0.5, 0.6) is 11.5 Å². The average molecular weight is 318 g/mol. The molecule has 1 N–H and O–H groups in total. The molecule has 0 aromatic heterocycles. The maximum absolute atomic E-state index is 12.4. The van der Waals surface area contributed by atoms with E-state index in [2.05, 4.69) is 5.32 Å². The highest BCUT2D eigenvalue weighted by molar-refractivity contribution is 5.76. The van der Waals surface area contributed by atoms with Gasteiger partial charge in [-0.05, 0) is 49.9 Å². The zero-order valence-electron chi connectivity index (χ0n) is 14.0. The Morgan fingerprint density at radius 2 is 1.78 bits per heavy atom. The predicted octanol–water partition coefficient (Wildman–Crippen LogP) is 2.21. The summed E-state index contributed by atoms with van der Waals surface area (Å²) in [6, 6.07) is 9.01. The summed E-state index contributed by atoms with van der Waals surface area (Å²) >= 11 is 0. The van der Waals surface area contributed by atoms with E-state index in [1.165, 1.54) is 12.8 Å². The molecule has 0 radical (unpaired) electrons. The van der Waals surface area contributed by atoms with Crippen LogP contribution in [0.3, 0.4) is 0 Å². The SMILES string of the molecule is COc1ccc(OCCC(=O)N(C)C2CC3CCC(C2)N3)cc1. The number of nitrogens with zero attached hydrogens (tertiary/aromatic N) is 1. The molecule has 126 valence electrons. The van der Waals surface area contributed by atoms with Crippen LogP contribution in [0.1, 0.15) is 32.1 Å². The number of hydrogen-bond acceptors (Lipinski definition) is 4. The van der Waals surface area contributed by atoms with Crippen LogP contribution in [0, 0.1) is 0 Å². The van der Waals surface area contributed by atoms with Gasteiger partial charge in [-0.25, -0.2) is 0 Å². The van der Waals surface area contributed by atoms with E-state index < -0.39 is 0 Å². The molecular formula is C18H26N2O3. The Labute approximate surface area is 137 Å². The van der Waals surface area contributed by atoms with Crippen molar-refractivity contribution >= 4 is 5.91 Å². The second-order valence-electron chi connectivity index (χ2n) is 6.54. The highest BCUT2D eigenvalue weighted by Crippen LogP contribution is 2.29. The van der Waals surface area contributed by atoms with E-state index >= 15 is 0 Å². The van der Waals surface area contributed by atoms with Crippen LogP contribution >= 0.6 is 0 Å². The lowest BCUT2D eigenvalue weighted by molar-refractivity contribution is -0.133. The van der Waals surface area contributed by atoms with Gasteiger partial charge in [-0.2, -0.15) is 0 Å². The smallest absolute Gasteiger partial charge is 0.225 e. The van der Waals surface area contributed by atoms with Gasteiger partial charge in [0.1, 0.15) is 11.5 Å². The van der Waals surface area contributed by atoms with E-state index in [4.69, 9.17) is 9.47 Å². The number of amides is 1. The molecule has 23 heavy (non-hydrogen) atoms. The van der Waals surface area contributed by atoms with Gasteiger partial charge >= 0.3 is 0 Å². The third-order valence-electron chi connectivity index (χ3n) is 5.03. The molecule has 2 unspecified atom stereocenters. The van der Waals surface area contributed by atoms with Crippen LogP contribution in [-0.4, -0.2) is 49.7 Å². The monoisotopic (exact) mass is 318 g/mol. The molecule has 2 saturated heterocycles. The molecule has 0 aliphatic carbocycles. The van der Waals surface area contributed by atoms with E-state index in [0.717, 1.165) is 24.3 Å². The largest absolute Gasteiger partial charge is 0.497 e. The van der Waals surface area contributed by atoms with Crippen LogP contribution < -0.4 is 14.8 Å². The lowest BCUT2D eigenvalue weighted by Gasteiger charge is -2.35. The maximum Gasteiger partial charge on any atom is 0.225 e. The number of carbonyl (C=O) groups is 1. The van der Waals surface area contributed by atoms with Crippen LogP contribution in [0.2, 0.25) is 0 Å². The van der Waals surface area contributed by atoms with Crippen LogP contribution in [-0.2, 0) is 4.79 Å². The Morgan fingerprint density at radius 3 is 2.39 bits per heavy atom. The van der Waals surface area contributed by atoms with Crippen molar-refractivity contribution in [3.8, 4) is 11.5 Å². The first-order chi connectivity index (χ1) is 11.2. The second kappa shape index (κ2) is 7.21. The minimum atomic E-state index is 0.171. The minimum absolute atomic E-state index is 0.171. The molecule has 3 rings (SSSR count). The third kappa shape index (κ3) is 3.96. The molecule has 0 saturated carbocycles. The molecule has 2 aliphatic rings. The molecule has 1 amide bonds. The summed E-state index contributed by atoms with van der Waals surface area (Å²) < 4.78 is 10.8. The first-order valence-electron chi connectivity index (χ1n) is 8.44. The van der Waals surface area contributed by atoms with Gasteiger partial charge in [0.25, 0.3) is 0 Å². The van der Waals surface area contributed by atoms with E-state index in [0.29, 0.717) is 31.2 Å². The highest BCUT2D eigenvalue weighted by atomic mass is 16.5. The summed E-state index contributed by atoms with van der Waals surface area (Å²) in [5.74, 6) is 1.74. The van der Waals surface area contributed by atoms with Crippen molar-refractivity contribution in [3.05, 3.63) is 24.3 Å². The Kier molecular flexibility index (Phi) is 5.06. The predicted molar refractivity (Wildman–Crippen MR) is 88.8 cm³/mol. The first kappa shape index (κ1) is 16.1. The Hall–Kier alpha value is -1.75. The Balaban J connectivity index is 1.43. The zero-order chi connectivity index (χ0) is 16.2. The maximum atomic E-state index is 12.4. The zero-order valence-corrected chi connectivity index (χ0v) is 14.0. The van der Waals surface area contributed by atoms with Gasteiger partial charge in [0.2, 0.25) is 5.91 Å². The van der Waals surface area contributed by atoms with Crippen LogP contribution in [0.4, 0.5) is 0 Å². The molecular weight excluding hydrogens is 292 g/mol. The van der Waals surface area contributed by atoms with Crippen molar-refractivity contribution in [2.24, 2.45) is 0 Å². The molecule has 2 fully saturated rings. The molecule has 0 spiro atoms. The van der Waals surface area contributed by atoms with E-state index in [1.807, 2.05) is 36.2 Å². The normalized spacial score (nSPS) is 25.9. The van der Waals surface area contributed by atoms with Crippen molar-refractivity contribution < 1.29 is 14.3 Å². The summed E-state index contributed by atoms with van der Waals surface area (Å²) in [7, 11) is 3.57. The summed E-state index contributed by atoms with van der Waals surface area (Å²) in [5, 5.41) is 3.62. The molecule has 2 heterocycles. The van der Waals surface area contributed by atoms with Crippen molar-refractivity contribution in [2.45, 2.75) is 50.2 Å². The van der Waals surface area contributed by atoms with Gasteiger partial charge in [0.15, 0.2) is 0 Å². The lowest BCUT2D eigenvalue weighted by atomic mass is 9.98. The molecule has 5 heteroatoms. The van der Waals surface area contributed by atoms with E-state index in [-0.39, 0.29) is 5.91 Å². The fourth-order valence-corrected chi connectivity index (χ4v) is 3.65. The quantitative estimate of drug-likeness (QED) is 0.874. The average Bonchev–Trinajstić information content (AvgIpc) is 2.92. The van der Waals surface area contributed by atoms with Gasteiger partial charge in [0, 0.05) is 25.2 Å². The molecule has 1 aromatic carbocycles. The van der Waals surface area contributed by atoms with Gasteiger partial charge in [-0.15, -0.1) is 0 Å². The molecule has 1 aromatic rings. The van der Waals surface area contributed by atoms with Crippen LogP contribution in [0.15, 0.2) is 24.3 Å². The Morgan fingerprint density at radius 1 is 1.17 bits per heavy atom. The fraction of sp³-hybridized carbons (Fsp3) is 0.611. The standard InChI is InChI=1S/C18H26N2O3/c1-20(15-11-13-3-4-14(12-15)19-13)18(21)9-10-23-17-7-5-16(22-2)6-8-17/h5-8,13-15,19H,3-4,9-12H2,1-2H3. The molecule has 2 atom stereocenters. The fourth-order valence-electron chi connectivity index (χ4n) is 3.65. The summed E-state index contributed by atoms with van der Waals surface area (Å²) in [6.45, 7) is 0.410. The van der Waals surface area contributed by atoms with Crippen LogP contribution in [0.25, 0.3) is 0 Å². The summed E-state index contributed by atoms with van der Waals surface area (Å²) in [5.41, 5.74) is 0. The first-order valence-corrected chi connectivity index (χ1v) is 8.44. The second-order valence-corrected chi connectivity index (χ2v) is 6.54. The van der Waals surface area contributed by atoms with Gasteiger partial charge < -0.3 is 19.7 Å². The number of carbonyl (C=O) groups excluding carboxylic acids is 1. The van der Waals surface area contributed by atoms with E-state index in [9.17, 15) is 4.79 Å². The van der Waals surface area contributed by atoms with E-state index in [1.54, 1.807) is 7.11 Å². The number of benzene rings is 1. The number of hydrogen-bond donors (Lipinski definition) is 1. The summed E-state index contributed by atoms with van der Waals surface area (Å²) in [4.78, 5) is 14.3. The van der Waals surface area contributed by atoms with Crippen molar-refractivity contribution in [1.82, 2.24) is 10.2 Å². The minimum Gasteiger partial charge on any atom is -0.497 e. The molecule has 5 nitrogen and oxygen atoms in total.